The lowest BCUT2D eigenvalue weighted by atomic mass is 10.1. The maximum absolute atomic E-state index is 12.7. The first-order valence-electron chi connectivity index (χ1n) is 9.73. The van der Waals surface area contributed by atoms with E-state index >= 15 is 0 Å². The minimum absolute atomic E-state index is 0.0215. The Bertz CT molecular complexity index is 867. The van der Waals surface area contributed by atoms with Gasteiger partial charge in [0.15, 0.2) is 0 Å². The molecule has 0 N–H and O–H groups in total. The number of amides is 1. The van der Waals surface area contributed by atoms with Crippen LogP contribution in [0.25, 0.3) is 0 Å². The third-order valence-corrected chi connectivity index (χ3v) is 5.71. The molecule has 1 aromatic heterocycles. The molecule has 0 bridgehead atoms. The molecule has 0 radical (unpaired) electrons. The molecule has 142 valence electrons. The molecule has 0 atom stereocenters. The predicted molar refractivity (Wildman–Crippen MR) is 104 cm³/mol. The SMILES string of the molecule is Cc1ccc(=O)n(CC(=O)N2CCCN(C3Cc4ccccc4C3)CC2)n1. The fourth-order valence-electron chi connectivity index (χ4n) is 4.24. The van der Waals surface area contributed by atoms with Crippen molar-refractivity contribution in [1.82, 2.24) is 19.6 Å². The summed E-state index contributed by atoms with van der Waals surface area (Å²) in [6.07, 6.45) is 3.17. The van der Waals surface area contributed by atoms with E-state index in [4.69, 9.17) is 0 Å². The number of aromatic nitrogens is 2. The monoisotopic (exact) mass is 366 g/mol. The van der Waals surface area contributed by atoms with E-state index in [9.17, 15) is 9.59 Å². The number of fused-ring (bicyclic) bond motifs is 1. The molecule has 1 fully saturated rings. The van der Waals surface area contributed by atoms with Gasteiger partial charge in [0.05, 0.1) is 5.69 Å². The molecule has 0 saturated carbocycles. The Morgan fingerprint density at radius 1 is 1.04 bits per heavy atom. The number of nitrogens with zero attached hydrogens (tertiary/aromatic N) is 4. The van der Waals surface area contributed by atoms with Crippen LogP contribution in [-0.4, -0.2) is 57.7 Å². The van der Waals surface area contributed by atoms with Gasteiger partial charge in [0.25, 0.3) is 5.56 Å². The van der Waals surface area contributed by atoms with Crippen LogP contribution in [0.2, 0.25) is 0 Å². The second-order valence-corrected chi connectivity index (χ2v) is 7.57. The van der Waals surface area contributed by atoms with Gasteiger partial charge < -0.3 is 4.90 Å². The van der Waals surface area contributed by atoms with E-state index in [1.807, 2.05) is 11.8 Å². The lowest BCUT2D eigenvalue weighted by molar-refractivity contribution is -0.132. The van der Waals surface area contributed by atoms with E-state index in [1.54, 1.807) is 6.07 Å². The van der Waals surface area contributed by atoms with Crippen LogP contribution in [0.4, 0.5) is 0 Å². The van der Waals surface area contributed by atoms with Crippen LogP contribution in [0.3, 0.4) is 0 Å². The van der Waals surface area contributed by atoms with Gasteiger partial charge in [0, 0.05) is 38.3 Å². The zero-order valence-corrected chi connectivity index (χ0v) is 15.8. The molecule has 0 unspecified atom stereocenters. The summed E-state index contributed by atoms with van der Waals surface area (Å²) in [6, 6.07) is 12.4. The highest BCUT2D eigenvalue weighted by molar-refractivity contribution is 5.75. The van der Waals surface area contributed by atoms with Gasteiger partial charge in [-0.1, -0.05) is 24.3 Å². The highest BCUT2D eigenvalue weighted by Gasteiger charge is 2.29. The number of benzene rings is 1. The van der Waals surface area contributed by atoms with Crippen molar-refractivity contribution in [3.63, 3.8) is 0 Å². The molecular formula is C21H26N4O2. The third kappa shape index (κ3) is 3.95. The summed E-state index contributed by atoms with van der Waals surface area (Å²) < 4.78 is 1.27. The fraction of sp³-hybridized carbons (Fsp3) is 0.476. The molecule has 2 aliphatic rings. The lowest BCUT2D eigenvalue weighted by Crippen LogP contribution is -2.41. The van der Waals surface area contributed by atoms with Crippen LogP contribution in [0.1, 0.15) is 23.2 Å². The third-order valence-electron chi connectivity index (χ3n) is 5.71. The van der Waals surface area contributed by atoms with Crippen molar-refractivity contribution < 1.29 is 4.79 Å². The molecule has 2 aromatic rings. The van der Waals surface area contributed by atoms with Gasteiger partial charge >= 0.3 is 0 Å². The average molecular weight is 366 g/mol. The Morgan fingerprint density at radius 3 is 2.52 bits per heavy atom. The number of hydrogen-bond donors (Lipinski definition) is 0. The van der Waals surface area contributed by atoms with E-state index in [2.05, 4.69) is 34.3 Å². The largest absolute Gasteiger partial charge is 0.340 e. The number of carbonyl (C=O) groups is 1. The minimum atomic E-state index is -0.228. The summed E-state index contributed by atoms with van der Waals surface area (Å²) in [7, 11) is 0. The molecule has 1 aromatic carbocycles. The highest BCUT2D eigenvalue weighted by atomic mass is 16.2. The second kappa shape index (κ2) is 7.64. The van der Waals surface area contributed by atoms with Crippen molar-refractivity contribution in [3.05, 3.63) is 63.6 Å². The Labute approximate surface area is 159 Å². The molecule has 1 amide bonds. The first kappa shape index (κ1) is 17.9. The molecule has 1 saturated heterocycles. The van der Waals surface area contributed by atoms with Crippen LogP contribution in [0.5, 0.6) is 0 Å². The van der Waals surface area contributed by atoms with E-state index in [1.165, 1.54) is 21.9 Å². The number of hydrogen-bond acceptors (Lipinski definition) is 4. The smallest absolute Gasteiger partial charge is 0.267 e. The van der Waals surface area contributed by atoms with Crippen LogP contribution in [0, 0.1) is 6.92 Å². The summed E-state index contributed by atoms with van der Waals surface area (Å²) in [5.74, 6) is -0.0215. The summed E-state index contributed by atoms with van der Waals surface area (Å²) in [5.41, 5.74) is 3.44. The summed E-state index contributed by atoms with van der Waals surface area (Å²) in [5, 5.41) is 4.18. The Morgan fingerprint density at radius 2 is 1.78 bits per heavy atom. The van der Waals surface area contributed by atoms with E-state index in [0.29, 0.717) is 12.6 Å². The van der Waals surface area contributed by atoms with E-state index in [-0.39, 0.29) is 18.0 Å². The molecule has 6 heteroatoms. The van der Waals surface area contributed by atoms with Crippen molar-refractivity contribution >= 4 is 5.91 Å². The van der Waals surface area contributed by atoms with Gasteiger partial charge in [-0.2, -0.15) is 5.10 Å². The maximum atomic E-state index is 12.7. The van der Waals surface area contributed by atoms with Gasteiger partial charge in [0.1, 0.15) is 6.54 Å². The first-order chi connectivity index (χ1) is 13.1. The fourth-order valence-corrected chi connectivity index (χ4v) is 4.24. The lowest BCUT2D eigenvalue weighted by Gasteiger charge is -2.27. The van der Waals surface area contributed by atoms with Crippen molar-refractivity contribution in [1.29, 1.82) is 0 Å². The molecule has 6 nitrogen and oxygen atoms in total. The molecular weight excluding hydrogens is 340 g/mol. The van der Waals surface area contributed by atoms with Gasteiger partial charge in [0.2, 0.25) is 5.91 Å². The molecule has 1 aliphatic carbocycles. The quantitative estimate of drug-likeness (QED) is 0.821. The average Bonchev–Trinajstić information content (AvgIpc) is 2.93. The van der Waals surface area contributed by atoms with Gasteiger partial charge in [-0.3, -0.25) is 14.5 Å². The van der Waals surface area contributed by atoms with E-state index in [0.717, 1.165) is 44.6 Å². The van der Waals surface area contributed by atoms with Crippen molar-refractivity contribution in [3.8, 4) is 0 Å². The predicted octanol–water partition coefficient (Wildman–Crippen LogP) is 1.25. The zero-order chi connectivity index (χ0) is 18.8. The Balaban J connectivity index is 1.37. The number of rotatable bonds is 3. The molecule has 0 spiro atoms. The van der Waals surface area contributed by atoms with Crippen molar-refractivity contribution in [2.75, 3.05) is 26.2 Å². The van der Waals surface area contributed by atoms with Crippen molar-refractivity contribution in [2.24, 2.45) is 0 Å². The van der Waals surface area contributed by atoms with Crippen LogP contribution < -0.4 is 5.56 Å². The summed E-state index contributed by atoms with van der Waals surface area (Å²) in [6.45, 7) is 5.21. The van der Waals surface area contributed by atoms with Crippen LogP contribution >= 0.6 is 0 Å². The standard InChI is InChI=1S/C21H26N4O2/c1-16-7-8-20(26)25(22-16)15-21(27)24-10-4-9-23(11-12-24)19-13-17-5-2-3-6-18(17)14-19/h2-3,5-8,19H,4,9-15H2,1H3. The zero-order valence-electron chi connectivity index (χ0n) is 15.8. The number of aryl methyl sites for hydroxylation is 1. The summed E-state index contributed by atoms with van der Waals surface area (Å²) in [4.78, 5) is 29.0. The Hall–Kier alpha value is -2.47. The second-order valence-electron chi connectivity index (χ2n) is 7.57. The topological polar surface area (TPSA) is 58.4 Å². The normalized spacial score (nSPS) is 18.3. The number of carbonyl (C=O) groups excluding carboxylic acids is 1. The van der Waals surface area contributed by atoms with E-state index < -0.39 is 0 Å². The maximum Gasteiger partial charge on any atom is 0.267 e. The van der Waals surface area contributed by atoms with Gasteiger partial charge in [-0.05, 0) is 43.4 Å². The van der Waals surface area contributed by atoms with Gasteiger partial charge in [-0.15, -0.1) is 0 Å². The molecule has 1 aliphatic heterocycles. The first-order valence-corrected chi connectivity index (χ1v) is 9.73. The molecule has 4 rings (SSSR count). The summed E-state index contributed by atoms with van der Waals surface area (Å²) >= 11 is 0. The minimum Gasteiger partial charge on any atom is -0.340 e. The Kier molecular flexibility index (Phi) is 5.07. The van der Waals surface area contributed by atoms with Gasteiger partial charge in [-0.25, -0.2) is 4.68 Å². The highest BCUT2D eigenvalue weighted by Crippen LogP contribution is 2.26. The van der Waals surface area contributed by atoms with Crippen molar-refractivity contribution in [2.45, 2.75) is 38.8 Å². The van der Waals surface area contributed by atoms with Crippen LogP contribution in [0.15, 0.2) is 41.2 Å². The molecule has 2 heterocycles. The molecule has 27 heavy (non-hydrogen) atoms. The van der Waals surface area contributed by atoms with Crippen LogP contribution in [-0.2, 0) is 24.2 Å².